The molecule has 0 spiro atoms. The van der Waals surface area contributed by atoms with Crippen LogP contribution in [0.15, 0.2) is 22.7 Å². The molecule has 110 valence electrons. The van der Waals surface area contributed by atoms with Crippen molar-refractivity contribution in [2.45, 2.75) is 25.8 Å². The maximum absolute atomic E-state index is 12.6. The number of nitrogens with zero attached hydrogens (tertiary/aromatic N) is 1. The van der Waals surface area contributed by atoms with Gasteiger partial charge in [-0.25, -0.2) is 0 Å². The van der Waals surface area contributed by atoms with Crippen LogP contribution < -0.4 is 0 Å². The molecular formula is C15H19BrClNO2. The fourth-order valence-electron chi connectivity index (χ4n) is 2.35. The van der Waals surface area contributed by atoms with Crippen LogP contribution in [0.4, 0.5) is 0 Å². The average Bonchev–Trinajstić information content (AvgIpc) is 2.42. The summed E-state index contributed by atoms with van der Waals surface area (Å²) >= 11 is 9.57. The Hall–Kier alpha value is -0.420. The highest BCUT2D eigenvalue weighted by atomic mass is 79.9. The normalized spacial score (nSPS) is 17.2. The molecule has 20 heavy (non-hydrogen) atoms. The molecule has 1 aromatic carbocycles. The SMILES string of the molecule is CC(C)(C(=O)Cc1ccc(Br)cc1Cl)N1CCOCC1. The lowest BCUT2D eigenvalue weighted by Gasteiger charge is -2.39. The minimum Gasteiger partial charge on any atom is -0.379 e. The number of benzene rings is 1. The second kappa shape index (κ2) is 6.56. The summed E-state index contributed by atoms with van der Waals surface area (Å²) < 4.78 is 6.27. The molecule has 0 amide bonds. The molecule has 1 saturated heterocycles. The lowest BCUT2D eigenvalue weighted by Crippen LogP contribution is -2.54. The Morgan fingerprint density at radius 1 is 1.40 bits per heavy atom. The highest BCUT2D eigenvalue weighted by Crippen LogP contribution is 2.25. The van der Waals surface area contributed by atoms with E-state index in [0.29, 0.717) is 24.7 Å². The zero-order valence-corrected chi connectivity index (χ0v) is 14.1. The summed E-state index contributed by atoms with van der Waals surface area (Å²) in [7, 11) is 0. The molecule has 1 aliphatic rings. The van der Waals surface area contributed by atoms with Gasteiger partial charge in [0, 0.05) is 29.0 Å². The van der Waals surface area contributed by atoms with E-state index in [2.05, 4.69) is 20.8 Å². The predicted octanol–water partition coefficient (Wildman–Crippen LogP) is 3.32. The van der Waals surface area contributed by atoms with E-state index in [1.165, 1.54) is 0 Å². The maximum atomic E-state index is 12.6. The number of carbonyl (C=O) groups excluding carboxylic acids is 1. The second-order valence-electron chi connectivity index (χ2n) is 5.49. The largest absolute Gasteiger partial charge is 0.379 e. The van der Waals surface area contributed by atoms with Crippen molar-refractivity contribution in [3.8, 4) is 0 Å². The summed E-state index contributed by atoms with van der Waals surface area (Å²) in [4.78, 5) is 14.8. The summed E-state index contributed by atoms with van der Waals surface area (Å²) in [5.74, 6) is 0.184. The Bertz CT molecular complexity index is 499. The van der Waals surface area contributed by atoms with Crippen molar-refractivity contribution in [2.24, 2.45) is 0 Å². The number of carbonyl (C=O) groups is 1. The molecule has 0 aromatic heterocycles. The van der Waals surface area contributed by atoms with Crippen LogP contribution in [0.5, 0.6) is 0 Å². The van der Waals surface area contributed by atoms with Gasteiger partial charge < -0.3 is 4.74 Å². The molecule has 0 unspecified atom stereocenters. The highest BCUT2D eigenvalue weighted by molar-refractivity contribution is 9.10. The van der Waals surface area contributed by atoms with Gasteiger partial charge in [0.25, 0.3) is 0 Å². The van der Waals surface area contributed by atoms with E-state index in [9.17, 15) is 4.79 Å². The molecule has 1 heterocycles. The first kappa shape index (κ1) is 16.0. The first-order valence-corrected chi connectivity index (χ1v) is 7.88. The van der Waals surface area contributed by atoms with E-state index < -0.39 is 5.54 Å². The molecule has 0 aliphatic carbocycles. The Morgan fingerprint density at radius 2 is 2.05 bits per heavy atom. The third kappa shape index (κ3) is 3.61. The van der Waals surface area contributed by atoms with Crippen LogP contribution in [0.1, 0.15) is 19.4 Å². The summed E-state index contributed by atoms with van der Waals surface area (Å²) in [5.41, 5.74) is 0.390. The molecule has 0 N–H and O–H groups in total. The molecule has 0 saturated carbocycles. The van der Waals surface area contributed by atoms with Gasteiger partial charge in [0.1, 0.15) is 0 Å². The molecule has 5 heteroatoms. The van der Waals surface area contributed by atoms with Gasteiger partial charge >= 0.3 is 0 Å². The van der Waals surface area contributed by atoms with Gasteiger partial charge in [-0.15, -0.1) is 0 Å². The summed E-state index contributed by atoms with van der Waals surface area (Å²) in [6.07, 6.45) is 0.358. The first-order chi connectivity index (χ1) is 9.41. The predicted molar refractivity (Wildman–Crippen MR) is 84.3 cm³/mol. The number of ether oxygens (including phenoxy) is 1. The van der Waals surface area contributed by atoms with Gasteiger partial charge in [-0.1, -0.05) is 33.6 Å². The fraction of sp³-hybridized carbons (Fsp3) is 0.533. The number of hydrogen-bond acceptors (Lipinski definition) is 3. The molecule has 2 rings (SSSR count). The summed E-state index contributed by atoms with van der Waals surface area (Å²) in [5, 5.41) is 0.630. The lowest BCUT2D eigenvalue weighted by molar-refractivity contribution is -0.131. The van der Waals surface area contributed by atoms with Crippen LogP contribution in [0.2, 0.25) is 5.02 Å². The van der Waals surface area contributed by atoms with Crippen LogP contribution in [0.3, 0.4) is 0 Å². The van der Waals surface area contributed by atoms with Crippen LogP contribution in [-0.4, -0.2) is 42.5 Å². The van der Waals surface area contributed by atoms with Crippen LogP contribution >= 0.6 is 27.5 Å². The van der Waals surface area contributed by atoms with Gasteiger partial charge in [-0.05, 0) is 31.5 Å². The molecule has 3 nitrogen and oxygen atoms in total. The van der Waals surface area contributed by atoms with Gasteiger partial charge in [0.15, 0.2) is 5.78 Å². The molecule has 1 aliphatic heterocycles. The van der Waals surface area contributed by atoms with Gasteiger partial charge in [0.05, 0.1) is 18.8 Å². The standard InChI is InChI=1S/C15H19BrClNO2/c1-15(2,18-5-7-20-8-6-18)14(19)9-11-3-4-12(16)10-13(11)17/h3-4,10H,5-9H2,1-2H3. The Labute approximate surface area is 133 Å². The molecule has 0 atom stereocenters. The molecule has 0 bridgehead atoms. The van der Waals surface area contributed by atoms with E-state index in [-0.39, 0.29) is 5.78 Å². The van der Waals surface area contributed by atoms with E-state index in [0.717, 1.165) is 23.1 Å². The van der Waals surface area contributed by atoms with Crippen LogP contribution in [0, 0.1) is 0 Å². The molecule has 0 radical (unpaired) electrons. The van der Waals surface area contributed by atoms with Crippen molar-refractivity contribution >= 4 is 33.3 Å². The van der Waals surface area contributed by atoms with Gasteiger partial charge in [0.2, 0.25) is 0 Å². The van der Waals surface area contributed by atoms with E-state index in [1.807, 2.05) is 32.0 Å². The number of Topliss-reactive ketones (excluding diaryl/α,β-unsaturated/α-hetero) is 1. The zero-order valence-electron chi connectivity index (χ0n) is 11.8. The number of morpholine rings is 1. The van der Waals surface area contributed by atoms with Crippen molar-refractivity contribution in [3.05, 3.63) is 33.3 Å². The number of halogens is 2. The quantitative estimate of drug-likeness (QED) is 0.825. The molecular weight excluding hydrogens is 342 g/mol. The van der Waals surface area contributed by atoms with Crippen molar-refractivity contribution < 1.29 is 9.53 Å². The molecule has 1 fully saturated rings. The topological polar surface area (TPSA) is 29.5 Å². The van der Waals surface area contributed by atoms with Crippen molar-refractivity contribution in [2.75, 3.05) is 26.3 Å². The third-order valence-corrected chi connectivity index (χ3v) is 4.70. The van der Waals surface area contributed by atoms with Crippen LogP contribution in [-0.2, 0) is 16.0 Å². The lowest BCUT2D eigenvalue weighted by atomic mass is 9.91. The van der Waals surface area contributed by atoms with Crippen LogP contribution in [0.25, 0.3) is 0 Å². The Balaban J connectivity index is 2.09. The van der Waals surface area contributed by atoms with Gasteiger partial charge in [-0.3, -0.25) is 9.69 Å². The minimum atomic E-state index is -0.486. The first-order valence-electron chi connectivity index (χ1n) is 6.71. The van der Waals surface area contributed by atoms with E-state index >= 15 is 0 Å². The summed E-state index contributed by atoms with van der Waals surface area (Å²) in [6, 6.07) is 5.64. The van der Waals surface area contributed by atoms with E-state index in [1.54, 1.807) is 0 Å². The monoisotopic (exact) mass is 359 g/mol. The second-order valence-corrected chi connectivity index (χ2v) is 6.82. The van der Waals surface area contributed by atoms with Crippen molar-refractivity contribution in [1.29, 1.82) is 0 Å². The Kier molecular flexibility index (Phi) is 5.24. The fourth-order valence-corrected chi connectivity index (χ4v) is 3.09. The minimum absolute atomic E-state index is 0.184. The molecule has 1 aromatic rings. The number of ketones is 1. The smallest absolute Gasteiger partial charge is 0.156 e. The van der Waals surface area contributed by atoms with Gasteiger partial charge in [-0.2, -0.15) is 0 Å². The zero-order chi connectivity index (χ0) is 14.8. The van der Waals surface area contributed by atoms with Crippen molar-refractivity contribution in [1.82, 2.24) is 4.90 Å². The Morgan fingerprint density at radius 3 is 2.65 bits per heavy atom. The van der Waals surface area contributed by atoms with Crippen molar-refractivity contribution in [3.63, 3.8) is 0 Å². The number of hydrogen-bond donors (Lipinski definition) is 0. The number of rotatable bonds is 4. The van der Waals surface area contributed by atoms with E-state index in [4.69, 9.17) is 16.3 Å². The highest BCUT2D eigenvalue weighted by Gasteiger charge is 2.35. The summed E-state index contributed by atoms with van der Waals surface area (Å²) in [6.45, 7) is 6.94. The maximum Gasteiger partial charge on any atom is 0.156 e. The average molecular weight is 361 g/mol. The third-order valence-electron chi connectivity index (χ3n) is 3.85.